The van der Waals surface area contributed by atoms with Crippen LogP contribution < -0.4 is 10.9 Å². The van der Waals surface area contributed by atoms with Crippen molar-refractivity contribution in [3.8, 4) is 0 Å². The van der Waals surface area contributed by atoms with Crippen molar-refractivity contribution in [3.63, 3.8) is 0 Å². The molecule has 2 fully saturated rings. The van der Waals surface area contributed by atoms with E-state index in [9.17, 15) is 18.3 Å². The van der Waals surface area contributed by atoms with E-state index in [-0.39, 0.29) is 11.0 Å². The number of hydrogen-bond acceptors (Lipinski definition) is 7. The Labute approximate surface area is 187 Å². The van der Waals surface area contributed by atoms with Gasteiger partial charge in [0.15, 0.2) is 0 Å². The van der Waals surface area contributed by atoms with Gasteiger partial charge in [-0.15, -0.1) is 0 Å². The largest absolute Gasteiger partial charge is 0.393 e. The van der Waals surface area contributed by atoms with Gasteiger partial charge < -0.3 is 10.4 Å². The number of aromatic nitrogens is 3. The number of anilines is 1. The highest BCUT2D eigenvalue weighted by Crippen LogP contribution is 2.36. The van der Waals surface area contributed by atoms with Crippen LogP contribution in [0.4, 0.5) is 5.95 Å². The Bertz CT molecular complexity index is 1410. The van der Waals surface area contributed by atoms with Crippen molar-refractivity contribution in [1.29, 1.82) is 0 Å². The van der Waals surface area contributed by atoms with Crippen LogP contribution in [-0.2, 0) is 10.0 Å². The summed E-state index contributed by atoms with van der Waals surface area (Å²) in [5.74, 6) is -0.825. The Morgan fingerprint density at radius 1 is 1.37 bits per heavy atom. The summed E-state index contributed by atoms with van der Waals surface area (Å²) in [4.78, 5) is 21.7. The molecule has 0 amide bonds. The lowest BCUT2D eigenvalue weighted by Gasteiger charge is -2.30. The minimum absolute atomic E-state index is 0.0234. The van der Waals surface area contributed by atoms with Crippen molar-refractivity contribution in [1.82, 2.24) is 18.8 Å². The van der Waals surface area contributed by atoms with Crippen molar-refractivity contribution in [3.05, 3.63) is 28.2 Å². The zero-order chi connectivity index (χ0) is 28.6. The number of sulfonamides is 1. The quantitative estimate of drug-likeness (QED) is 0.731. The van der Waals surface area contributed by atoms with E-state index in [1.165, 1.54) is 10.8 Å². The second kappa shape index (κ2) is 7.90. The van der Waals surface area contributed by atoms with E-state index in [2.05, 4.69) is 15.3 Å². The highest BCUT2D eigenvalue weighted by Gasteiger charge is 2.34. The number of piperidine rings is 1. The van der Waals surface area contributed by atoms with Gasteiger partial charge >= 0.3 is 0 Å². The van der Waals surface area contributed by atoms with Crippen LogP contribution in [0.5, 0.6) is 0 Å². The first-order valence-corrected chi connectivity index (χ1v) is 11.4. The molecule has 9 nitrogen and oxygen atoms in total. The minimum atomic E-state index is -3.96. The van der Waals surface area contributed by atoms with Gasteiger partial charge in [0.2, 0.25) is 16.0 Å². The smallest absolute Gasteiger partial charge is 0.255 e. The molecule has 2 aliphatic rings. The molecule has 2 N–H and O–H groups in total. The van der Waals surface area contributed by atoms with E-state index >= 15 is 0 Å². The zero-order valence-corrected chi connectivity index (χ0v) is 17.4. The highest BCUT2D eigenvalue weighted by atomic mass is 32.2. The third-order valence-electron chi connectivity index (χ3n) is 5.65. The van der Waals surface area contributed by atoms with E-state index in [0.29, 0.717) is 17.1 Å². The summed E-state index contributed by atoms with van der Waals surface area (Å²) in [6.07, 6.45) is -3.47. The standard InChI is InChI=1S/C20H29N5O4S/c1-12-10-14-11-21-20(22-15-6-8-24(9-7-15)30(3,28)29)23-18(14)25(19(12)27)16-4-5-17(26)13(16)2/h10-11,13,15-17,26H,4-9H2,1-3H3,(H,21,22,23)/t13-,16+,17+/m0/s1/i1D3,6D2,7D2,15D. The number of pyridine rings is 1. The number of rotatable bonds is 4. The maximum Gasteiger partial charge on any atom is 0.255 e. The molecule has 3 heterocycles. The Hall–Kier alpha value is -2.04. The fourth-order valence-corrected chi connectivity index (χ4v) is 4.46. The number of nitrogens with zero attached hydrogens (tertiary/aromatic N) is 4. The van der Waals surface area contributed by atoms with E-state index in [0.717, 1.165) is 12.3 Å². The molecule has 3 atom stereocenters. The van der Waals surface area contributed by atoms with Gasteiger partial charge in [-0.1, -0.05) is 6.92 Å². The summed E-state index contributed by atoms with van der Waals surface area (Å²) in [5, 5.41) is 12.9. The lowest BCUT2D eigenvalue weighted by molar-refractivity contribution is 0.129. The molecule has 30 heavy (non-hydrogen) atoms. The molecule has 0 unspecified atom stereocenters. The topological polar surface area (TPSA) is 117 Å². The first-order chi connectivity index (χ1) is 17.2. The maximum atomic E-state index is 13.4. The molecular formula is C20H29N5O4S. The Morgan fingerprint density at radius 3 is 2.70 bits per heavy atom. The normalized spacial score (nSPS) is 35.1. The second-order valence-corrected chi connectivity index (χ2v) is 9.64. The number of aliphatic hydroxyl groups excluding tert-OH is 1. The molecule has 2 aromatic heterocycles. The van der Waals surface area contributed by atoms with E-state index in [4.69, 9.17) is 11.0 Å². The molecular weight excluding hydrogens is 406 g/mol. The number of hydrogen-bond donors (Lipinski definition) is 2. The summed E-state index contributed by atoms with van der Waals surface area (Å²) in [6.45, 7) is -2.60. The Morgan fingerprint density at radius 2 is 2.10 bits per heavy atom. The van der Waals surface area contributed by atoms with Gasteiger partial charge in [-0.2, -0.15) is 4.98 Å². The van der Waals surface area contributed by atoms with Crippen LogP contribution in [0.1, 0.15) is 55.1 Å². The summed E-state index contributed by atoms with van der Waals surface area (Å²) >= 11 is 0. The average Bonchev–Trinajstić information content (AvgIpc) is 3.08. The fourth-order valence-electron chi connectivity index (χ4n) is 3.86. The number of fused-ring (bicyclic) bond motifs is 1. The van der Waals surface area contributed by atoms with Gasteiger partial charge in [-0.25, -0.2) is 17.7 Å². The van der Waals surface area contributed by atoms with Gasteiger partial charge in [0.1, 0.15) is 5.65 Å². The van der Waals surface area contributed by atoms with E-state index < -0.39 is 83.9 Å². The van der Waals surface area contributed by atoms with Crippen LogP contribution >= 0.6 is 0 Å². The predicted molar refractivity (Wildman–Crippen MR) is 115 cm³/mol. The number of aliphatic hydroxyl groups is 1. The summed E-state index contributed by atoms with van der Waals surface area (Å²) < 4.78 is 91.5. The molecule has 0 bridgehead atoms. The SMILES string of the molecule is [2H]C([2H])([2H])c1cc2cnc(NC3([2H])C([2H])([2H])CN(S(C)(=O)=O)CC3([2H])[2H])nc2n([C@@H]2CC[C@@H](O)[C@H]2C)c1=O. The average molecular weight is 444 g/mol. The van der Waals surface area contributed by atoms with Crippen LogP contribution in [-0.4, -0.2) is 63.8 Å². The maximum absolute atomic E-state index is 13.4. The molecule has 0 aromatic carbocycles. The molecule has 1 saturated carbocycles. The van der Waals surface area contributed by atoms with Crippen molar-refractivity contribution in [2.45, 2.75) is 57.5 Å². The van der Waals surface area contributed by atoms with Crippen LogP contribution in [0.3, 0.4) is 0 Å². The highest BCUT2D eigenvalue weighted by molar-refractivity contribution is 7.88. The van der Waals surface area contributed by atoms with Crippen molar-refractivity contribution >= 4 is 27.0 Å². The molecule has 4 rings (SSSR count). The number of nitrogens with one attached hydrogen (secondary N) is 1. The van der Waals surface area contributed by atoms with Crippen LogP contribution in [0.15, 0.2) is 17.1 Å². The zero-order valence-electron chi connectivity index (χ0n) is 24.6. The van der Waals surface area contributed by atoms with Crippen molar-refractivity contribution in [2.75, 3.05) is 24.7 Å². The van der Waals surface area contributed by atoms with Gasteiger partial charge in [0.05, 0.1) is 13.7 Å². The van der Waals surface area contributed by atoms with Crippen LogP contribution in [0, 0.1) is 12.8 Å². The first-order valence-electron chi connectivity index (χ1n) is 13.5. The monoisotopic (exact) mass is 443 g/mol. The van der Waals surface area contributed by atoms with Gasteiger partial charge in [0.25, 0.3) is 5.56 Å². The summed E-state index contributed by atoms with van der Waals surface area (Å²) in [5.41, 5.74) is -1.31. The molecule has 0 radical (unpaired) electrons. The Kier molecular flexibility index (Phi) is 3.53. The van der Waals surface area contributed by atoms with Crippen LogP contribution in [0.25, 0.3) is 11.0 Å². The van der Waals surface area contributed by atoms with Gasteiger partial charge in [-0.05, 0) is 38.5 Å². The molecule has 1 aliphatic heterocycles. The van der Waals surface area contributed by atoms with E-state index in [1.807, 2.05) is 0 Å². The lowest BCUT2D eigenvalue weighted by atomic mass is 10.0. The van der Waals surface area contributed by atoms with Gasteiger partial charge in [-0.3, -0.25) is 9.36 Å². The first kappa shape index (κ1) is 13.4. The third-order valence-corrected chi connectivity index (χ3v) is 6.84. The Balaban J connectivity index is 1.86. The van der Waals surface area contributed by atoms with Crippen molar-refractivity contribution in [2.24, 2.45) is 5.92 Å². The molecule has 0 spiro atoms. The number of aryl methyl sites for hydroxylation is 1. The summed E-state index contributed by atoms with van der Waals surface area (Å²) in [7, 11) is -3.96. The minimum Gasteiger partial charge on any atom is -0.393 e. The van der Waals surface area contributed by atoms with E-state index in [1.54, 1.807) is 6.92 Å². The molecule has 2 aromatic rings. The molecule has 1 aliphatic carbocycles. The molecule has 164 valence electrons. The van der Waals surface area contributed by atoms with Gasteiger partial charge in [0, 0.05) is 57.8 Å². The second-order valence-electron chi connectivity index (χ2n) is 7.66. The summed E-state index contributed by atoms with van der Waals surface area (Å²) in [6, 6.07) is -2.21. The van der Waals surface area contributed by atoms with Crippen molar-refractivity contribution < 1.29 is 24.5 Å². The van der Waals surface area contributed by atoms with Crippen LogP contribution in [0.2, 0.25) is 0 Å². The predicted octanol–water partition coefficient (Wildman–Crippen LogP) is 1.27. The molecule has 10 heteroatoms. The molecule has 1 saturated heterocycles. The third kappa shape index (κ3) is 3.95. The lowest BCUT2D eigenvalue weighted by Crippen LogP contribution is -2.42. The fraction of sp³-hybridized carbons (Fsp3) is 0.650.